The smallest absolute Gasteiger partial charge is 0.228 e. The lowest BCUT2D eigenvalue weighted by molar-refractivity contribution is -0.117. The molecule has 0 unspecified atom stereocenters. The van der Waals surface area contributed by atoms with Crippen LogP contribution in [0, 0.1) is 23.2 Å². The van der Waals surface area contributed by atoms with Crippen LogP contribution in [-0.2, 0) is 17.6 Å². The fourth-order valence-electron chi connectivity index (χ4n) is 2.52. The van der Waals surface area contributed by atoms with Crippen molar-refractivity contribution in [2.45, 2.75) is 39.0 Å². The van der Waals surface area contributed by atoms with Gasteiger partial charge in [-0.05, 0) is 43.6 Å². The topological polar surface area (TPSA) is 52.9 Å². The summed E-state index contributed by atoms with van der Waals surface area (Å²) in [5.74, 6) is 0.974. The molecule has 1 aromatic rings. The summed E-state index contributed by atoms with van der Waals surface area (Å²) in [5, 5.41) is 13.0. The minimum absolute atomic E-state index is 0.0955. The number of thiophene rings is 1. The van der Waals surface area contributed by atoms with Crippen molar-refractivity contribution in [2.75, 3.05) is 5.32 Å². The quantitative estimate of drug-likeness (QED) is 0.888. The number of nitrogens with one attached hydrogen (secondary N) is 1. The van der Waals surface area contributed by atoms with Crippen LogP contribution in [0.1, 0.15) is 42.2 Å². The molecule has 0 aromatic carbocycles. The SMILES string of the molecule is C[C@@H]1CCc2c(sc(NC(=O)C3CC3)c2C#N)C1. The lowest BCUT2D eigenvalue weighted by Gasteiger charge is -2.17. The molecule has 0 spiro atoms. The molecule has 1 aromatic heterocycles. The van der Waals surface area contributed by atoms with Gasteiger partial charge >= 0.3 is 0 Å². The van der Waals surface area contributed by atoms with Crippen LogP contribution >= 0.6 is 11.3 Å². The Kier molecular flexibility index (Phi) is 2.87. The molecule has 1 N–H and O–H groups in total. The Hall–Kier alpha value is -1.34. The molecule has 0 bridgehead atoms. The minimum Gasteiger partial charge on any atom is -0.316 e. The average Bonchev–Trinajstić information content (AvgIpc) is 3.12. The summed E-state index contributed by atoms with van der Waals surface area (Å²) in [6.07, 6.45) is 5.17. The van der Waals surface area contributed by atoms with Crippen molar-refractivity contribution in [3.05, 3.63) is 16.0 Å². The largest absolute Gasteiger partial charge is 0.316 e. The number of rotatable bonds is 2. The summed E-state index contributed by atoms with van der Waals surface area (Å²) in [5.41, 5.74) is 1.91. The van der Waals surface area contributed by atoms with E-state index in [2.05, 4.69) is 18.3 Å². The zero-order chi connectivity index (χ0) is 12.7. The zero-order valence-electron chi connectivity index (χ0n) is 10.5. The highest BCUT2D eigenvalue weighted by Gasteiger charge is 2.31. The second-order valence-corrected chi connectivity index (χ2v) is 6.54. The monoisotopic (exact) mass is 260 g/mol. The highest BCUT2D eigenvalue weighted by atomic mass is 32.1. The molecule has 1 fully saturated rings. The first kappa shape index (κ1) is 11.7. The van der Waals surface area contributed by atoms with Gasteiger partial charge in [-0.25, -0.2) is 0 Å². The number of fused-ring (bicyclic) bond motifs is 1. The maximum atomic E-state index is 11.8. The molecular formula is C14H16N2OS. The van der Waals surface area contributed by atoms with Crippen molar-refractivity contribution in [3.63, 3.8) is 0 Å². The molecule has 0 aliphatic heterocycles. The van der Waals surface area contributed by atoms with Crippen molar-refractivity contribution in [2.24, 2.45) is 11.8 Å². The molecule has 3 nitrogen and oxygen atoms in total. The first-order valence-corrected chi connectivity index (χ1v) is 7.36. The third-order valence-corrected chi connectivity index (χ3v) is 4.98. The van der Waals surface area contributed by atoms with E-state index in [9.17, 15) is 10.1 Å². The van der Waals surface area contributed by atoms with Gasteiger partial charge in [-0.1, -0.05) is 6.92 Å². The van der Waals surface area contributed by atoms with Crippen LogP contribution in [0.15, 0.2) is 0 Å². The Morgan fingerprint density at radius 1 is 1.44 bits per heavy atom. The van der Waals surface area contributed by atoms with E-state index in [1.54, 1.807) is 11.3 Å². The first-order chi connectivity index (χ1) is 8.69. The Bertz CT molecular complexity index is 537. The molecule has 1 heterocycles. The van der Waals surface area contributed by atoms with E-state index < -0.39 is 0 Å². The van der Waals surface area contributed by atoms with E-state index in [0.717, 1.165) is 42.7 Å². The van der Waals surface area contributed by atoms with Crippen molar-refractivity contribution in [3.8, 4) is 6.07 Å². The fraction of sp³-hybridized carbons (Fsp3) is 0.571. The Morgan fingerprint density at radius 2 is 2.22 bits per heavy atom. The van der Waals surface area contributed by atoms with E-state index >= 15 is 0 Å². The normalized spacial score (nSPS) is 22.1. The third kappa shape index (κ3) is 2.04. The molecule has 1 atom stereocenters. The standard InChI is InChI=1S/C14H16N2OS/c1-8-2-5-10-11(7-15)14(18-12(10)6-8)16-13(17)9-3-4-9/h8-9H,2-6H2,1H3,(H,16,17)/t8-/m1/s1. The molecule has 18 heavy (non-hydrogen) atoms. The van der Waals surface area contributed by atoms with Gasteiger partial charge in [0.2, 0.25) is 5.91 Å². The zero-order valence-corrected chi connectivity index (χ0v) is 11.3. The molecular weight excluding hydrogens is 244 g/mol. The van der Waals surface area contributed by atoms with Crippen LogP contribution in [0.3, 0.4) is 0 Å². The molecule has 1 amide bonds. The van der Waals surface area contributed by atoms with E-state index in [-0.39, 0.29) is 11.8 Å². The van der Waals surface area contributed by atoms with E-state index in [1.807, 2.05) is 0 Å². The van der Waals surface area contributed by atoms with Crippen LogP contribution in [0.5, 0.6) is 0 Å². The van der Waals surface area contributed by atoms with Crippen molar-refractivity contribution >= 4 is 22.2 Å². The summed E-state index contributed by atoms with van der Waals surface area (Å²) in [4.78, 5) is 13.1. The lowest BCUT2D eigenvalue weighted by Crippen LogP contribution is -2.13. The van der Waals surface area contributed by atoms with Gasteiger partial charge in [-0.15, -0.1) is 11.3 Å². The number of hydrogen-bond donors (Lipinski definition) is 1. The number of carbonyl (C=O) groups is 1. The minimum atomic E-state index is 0.0955. The van der Waals surface area contributed by atoms with Crippen LogP contribution in [0.2, 0.25) is 0 Å². The number of nitriles is 1. The number of carbonyl (C=O) groups excluding carboxylic acids is 1. The van der Waals surface area contributed by atoms with Gasteiger partial charge in [0.05, 0.1) is 5.56 Å². The molecule has 94 valence electrons. The fourth-order valence-corrected chi connectivity index (χ4v) is 3.88. The molecule has 4 heteroatoms. The molecule has 2 aliphatic rings. The van der Waals surface area contributed by atoms with Crippen LogP contribution in [0.25, 0.3) is 0 Å². The van der Waals surface area contributed by atoms with E-state index in [1.165, 1.54) is 10.4 Å². The van der Waals surface area contributed by atoms with Gasteiger partial charge in [0.1, 0.15) is 11.1 Å². The summed E-state index contributed by atoms with van der Waals surface area (Å²) in [6, 6.07) is 2.28. The van der Waals surface area contributed by atoms with Crippen molar-refractivity contribution in [1.82, 2.24) is 0 Å². The Labute approximate surface area is 111 Å². The highest BCUT2D eigenvalue weighted by Crippen LogP contribution is 2.40. The highest BCUT2D eigenvalue weighted by molar-refractivity contribution is 7.16. The number of anilines is 1. The van der Waals surface area contributed by atoms with Gasteiger partial charge in [-0.3, -0.25) is 4.79 Å². The molecule has 0 saturated heterocycles. The summed E-state index contributed by atoms with van der Waals surface area (Å²) < 4.78 is 0. The molecule has 3 rings (SSSR count). The lowest BCUT2D eigenvalue weighted by atomic mass is 9.88. The Balaban J connectivity index is 1.89. The van der Waals surface area contributed by atoms with Crippen molar-refractivity contribution < 1.29 is 4.79 Å². The molecule has 0 radical (unpaired) electrons. The maximum Gasteiger partial charge on any atom is 0.228 e. The van der Waals surface area contributed by atoms with Gasteiger partial charge in [0.15, 0.2) is 0 Å². The predicted octanol–water partition coefficient (Wildman–Crippen LogP) is 3.09. The van der Waals surface area contributed by atoms with Crippen molar-refractivity contribution in [1.29, 1.82) is 5.26 Å². The summed E-state index contributed by atoms with van der Waals surface area (Å²) in [6.45, 7) is 2.25. The summed E-state index contributed by atoms with van der Waals surface area (Å²) >= 11 is 1.61. The summed E-state index contributed by atoms with van der Waals surface area (Å²) in [7, 11) is 0. The number of amides is 1. The second kappa shape index (κ2) is 4.40. The Morgan fingerprint density at radius 3 is 2.89 bits per heavy atom. The maximum absolute atomic E-state index is 11.8. The molecule has 2 aliphatic carbocycles. The van der Waals surface area contributed by atoms with Gasteiger partial charge in [-0.2, -0.15) is 5.26 Å². The average molecular weight is 260 g/mol. The second-order valence-electron chi connectivity index (χ2n) is 5.43. The number of nitrogens with zero attached hydrogens (tertiary/aromatic N) is 1. The first-order valence-electron chi connectivity index (χ1n) is 6.54. The van der Waals surface area contributed by atoms with Crippen LogP contribution in [-0.4, -0.2) is 5.91 Å². The molecule has 1 saturated carbocycles. The van der Waals surface area contributed by atoms with Gasteiger partial charge in [0.25, 0.3) is 0 Å². The van der Waals surface area contributed by atoms with E-state index in [4.69, 9.17) is 0 Å². The third-order valence-electron chi connectivity index (χ3n) is 3.81. The predicted molar refractivity (Wildman–Crippen MR) is 71.6 cm³/mol. The van der Waals surface area contributed by atoms with Crippen LogP contribution < -0.4 is 5.32 Å². The van der Waals surface area contributed by atoms with E-state index in [0.29, 0.717) is 5.92 Å². The van der Waals surface area contributed by atoms with Crippen LogP contribution in [0.4, 0.5) is 5.00 Å². The number of hydrogen-bond acceptors (Lipinski definition) is 3. The van der Waals surface area contributed by atoms with Gasteiger partial charge < -0.3 is 5.32 Å². The van der Waals surface area contributed by atoms with Gasteiger partial charge in [0, 0.05) is 10.8 Å².